The molecule has 6 rings (SSSR count). The first-order chi connectivity index (χ1) is 17.0. The Labute approximate surface area is 222 Å². The van der Waals surface area contributed by atoms with Crippen LogP contribution in [0.2, 0.25) is 10.0 Å². The first kappa shape index (κ1) is 24.6. The number of likely N-dealkylation sites (tertiary alicyclic amines) is 2. The maximum Gasteiger partial charge on any atom is 0.253 e. The third kappa shape index (κ3) is 5.51. The number of halogens is 2. The SMILES string of the molecule is O=C(c1ccc(Cl)c(Cl)c1)N1CCC(CN2CCC3(C=Cc4ccccc43)CC2)C1.c1ccsc1. The molecule has 0 saturated carbocycles. The number of hydrogen-bond donors (Lipinski definition) is 0. The maximum atomic E-state index is 12.8. The molecule has 2 saturated heterocycles. The zero-order chi connectivity index (χ0) is 24.3. The molecule has 182 valence electrons. The van der Waals surface area contributed by atoms with Crippen molar-refractivity contribution < 1.29 is 4.79 Å². The Bertz CT molecular complexity index is 1170. The first-order valence-corrected chi connectivity index (χ1v) is 14.0. The molecule has 6 heteroatoms. The third-order valence-corrected chi connectivity index (χ3v) is 8.88. The number of nitrogens with zero attached hydrogens (tertiary/aromatic N) is 2. The van der Waals surface area contributed by atoms with Crippen LogP contribution in [0.4, 0.5) is 0 Å². The van der Waals surface area contributed by atoms with E-state index in [1.807, 2.05) is 27.8 Å². The molecule has 0 radical (unpaired) electrons. The van der Waals surface area contributed by atoms with E-state index < -0.39 is 0 Å². The quantitative estimate of drug-likeness (QED) is 0.359. The lowest BCUT2D eigenvalue weighted by Gasteiger charge is -2.40. The molecule has 3 nitrogen and oxygen atoms in total. The highest BCUT2D eigenvalue weighted by Gasteiger charge is 2.38. The fraction of sp³-hybridized carbons (Fsp3) is 0.345. The molecule has 1 spiro atoms. The molecule has 3 heterocycles. The summed E-state index contributed by atoms with van der Waals surface area (Å²) in [7, 11) is 0. The third-order valence-electron chi connectivity index (χ3n) is 7.51. The van der Waals surface area contributed by atoms with Gasteiger partial charge in [-0.2, -0.15) is 11.3 Å². The van der Waals surface area contributed by atoms with E-state index in [-0.39, 0.29) is 11.3 Å². The number of thiophene rings is 1. The predicted molar refractivity (Wildman–Crippen MR) is 148 cm³/mol. The van der Waals surface area contributed by atoms with Crippen LogP contribution in [0.15, 0.2) is 71.4 Å². The van der Waals surface area contributed by atoms with Crippen molar-refractivity contribution in [1.82, 2.24) is 9.80 Å². The van der Waals surface area contributed by atoms with Gasteiger partial charge >= 0.3 is 0 Å². The average Bonchev–Trinajstić information content (AvgIpc) is 3.66. The second kappa shape index (κ2) is 10.9. The molecule has 1 unspecified atom stereocenters. The van der Waals surface area contributed by atoms with E-state index in [9.17, 15) is 4.79 Å². The molecule has 2 aromatic carbocycles. The van der Waals surface area contributed by atoms with Crippen LogP contribution in [0.1, 0.15) is 40.7 Å². The first-order valence-electron chi connectivity index (χ1n) is 12.3. The van der Waals surface area contributed by atoms with Crippen LogP contribution in [0.25, 0.3) is 6.08 Å². The summed E-state index contributed by atoms with van der Waals surface area (Å²) < 4.78 is 0. The molecule has 0 N–H and O–H groups in total. The molecule has 2 fully saturated rings. The van der Waals surface area contributed by atoms with Gasteiger partial charge in [-0.05, 0) is 78.4 Å². The van der Waals surface area contributed by atoms with Gasteiger partial charge in [0, 0.05) is 30.6 Å². The lowest BCUT2D eigenvalue weighted by molar-refractivity contribution is 0.0781. The Kier molecular flexibility index (Phi) is 7.64. The van der Waals surface area contributed by atoms with Crippen LogP contribution >= 0.6 is 34.5 Å². The minimum absolute atomic E-state index is 0.0568. The van der Waals surface area contributed by atoms with Crippen molar-refractivity contribution in [1.29, 1.82) is 0 Å². The zero-order valence-electron chi connectivity index (χ0n) is 19.7. The van der Waals surface area contributed by atoms with E-state index in [1.54, 1.807) is 29.5 Å². The second-order valence-electron chi connectivity index (χ2n) is 9.71. The number of amides is 1. The van der Waals surface area contributed by atoms with E-state index in [0.717, 1.165) is 39.1 Å². The Morgan fingerprint density at radius 3 is 2.46 bits per heavy atom. The highest BCUT2D eigenvalue weighted by atomic mass is 35.5. The van der Waals surface area contributed by atoms with Crippen LogP contribution in [-0.4, -0.2) is 48.4 Å². The van der Waals surface area contributed by atoms with Crippen LogP contribution in [0.3, 0.4) is 0 Å². The van der Waals surface area contributed by atoms with Gasteiger partial charge in [0.15, 0.2) is 0 Å². The van der Waals surface area contributed by atoms with E-state index in [0.29, 0.717) is 21.5 Å². The Balaban J connectivity index is 0.000000453. The fourth-order valence-electron chi connectivity index (χ4n) is 5.58. The highest BCUT2D eigenvalue weighted by molar-refractivity contribution is 7.07. The number of carbonyl (C=O) groups is 1. The highest BCUT2D eigenvalue weighted by Crippen LogP contribution is 2.43. The molecule has 35 heavy (non-hydrogen) atoms. The molecule has 1 aromatic heterocycles. The van der Waals surface area contributed by atoms with Crippen molar-refractivity contribution in [2.75, 3.05) is 32.7 Å². The van der Waals surface area contributed by atoms with Gasteiger partial charge in [-0.3, -0.25) is 4.79 Å². The van der Waals surface area contributed by atoms with Gasteiger partial charge in [0.1, 0.15) is 0 Å². The standard InChI is InChI=1S/C25H26Cl2N2O.C4H4S/c26-22-6-5-20(15-23(22)27)24(30)29-12-8-18(17-29)16-28-13-10-25(11-14-28)9-7-19-3-1-2-4-21(19)25;1-2-4-5-3-1/h1-7,9,15,18H,8,10-14,16-17H2;1-4H. The van der Waals surface area contributed by atoms with E-state index in [4.69, 9.17) is 23.2 Å². The van der Waals surface area contributed by atoms with Gasteiger partial charge < -0.3 is 9.80 Å². The van der Waals surface area contributed by atoms with Crippen molar-refractivity contribution in [2.24, 2.45) is 5.92 Å². The number of carbonyl (C=O) groups excluding carboxylic acids is 1. The van der Waals surface area contributed by atoms with Crippen LogP contribution in [0, 0.1) is 5.92 Å². The summed E-state index contributed by atoms with van der Waals surface area (Å²) in [6, 6.07) is 18.0. The van der Waals surface area contributed by atoms with Crippen LogP contribution in [0.5, 0.6) is 0 Å². The number of allylic oxidation sites excluding steroid dienone is 1. The maximum absolute atomic E-state index is 12.8. The van der Waals surface area contributed by atoms with Crippen molar-refractivity contribution in [3.63, 3.8) is 0 Å². The summed E-state index contributed by atoms with van der Waals surface area (Å²) in [5.74, 6) is 0.596. The number of fused-ring (bicyclic) bond motifs is 2. The summed E-state index contributed by atoms with van der Waals surface area (Å²) in [5.41, 5.74) is 3.75. The second-order valence-corrected chi connectivity index (χ2v) is 11.3. The van der Waals surface area contributed by atoms with Crippen LogP contribution < -0.4 is 0 Å². The number of benzene rings is 2. The summed E-state index contributed by atoms with van der Waals surface area (Å²) in [5, 5.41) is 5.00. The Morgan fingerprint density at radius 2 is 1.74 bits per heavy atom. The van der Waals surface area contributed by atoms with E-state index in [1.165, 1.54) is 24.0 Å². The summed E-state index contributed by atoms with van der Waals surface area (Å²) in [6.07, 6.45) is 8.16. The minimum Gasteiger partial charge on any atom is -0.338 e. The van der Waals surface area contributed by atoms with E-state index in [2.05, 4.69) is 41.3 Å². The smallest absolute Gasteiger partial charge is 0.253 e. The molecule has 3 aromatic rings. The fourth-order valence-corrected chi connectivity index (χ4v) is 6.33. The largest absolute Gasteiger partial charge is 0.338 e. The van der Waals surface area contributed by atoms with Crippen molar-refractivity contribution in [3.8, 4) is 0 Å². The van der Waals surface area contributed by atoms with Gasteiger partial charge in [-0.25, -0.2) is 0 Å². The van der Waals surface area contributed by atoms with Gasteiger partial charge in [0.2, 0.25) is 0 Å². The monoisotopic (exact) mass is 524 g/mol. The lowest BCUT2D eigenvalue weighted by atomic mass is 9.74. The predicted octanol–water partition coefficient (Wildman–Crippen LogP) is 7.26. The molecule has 1 aliphatic carbocycles. The van der Waals surface area contributed by atoms with Crippen molar-refractivity contribution in [3.05, 3.63) is 98.2 Å². The Morgan fingerprint density at radius 1 is 0.971 bits per heavy atom. The number of hydrogen-bond acceptors (Lipinski definition) is 3. The molecular formula is C29H30Cl2N2OS. The molecule has 1 amide bonds. The van der Waals surface area contributed by atoms with E-state index >= 15 is 0 Å². The normalized spacial score (nSPS) is 20.5. The number of rotatable bonds is 3. The summed E-state index contributed by atoms with van der Waals surface area (Å²) >= 11 is 13.8. The molecule has 2 aliphatic heterocycles. The summed E-state index contributed by atoms with van der Waals surface area (Å²) in [4.78, 5) is 17.4. The minimum atomic E-state index is 0.0568. The lowest BCUT2D eigenvalue weighted by Crippen LogP contribution is -2.43. The average molecular weight is 526 g/mol. The van der Waals surface area contributed by atoms with Gasteiger partial charge in [0.05, 0.1) is 10.0 Å². The van der Waals surface area contributed by atoms with Crippen molar-refractivity contribution >= 4 is 46.5 Å². The van der Waals surface area contributed by atoms with Gasteiger partial charge in [-0.1, -0.05) is 71.8 Å². The summed E-state index contributed by atoms with van der Waals surface area (Å²) in [6.45, 7) is 4.96. The molecule has 3 aliphatic rings. The number of piperidine rings is 1. The molecular weight excluding hydrogens is 495 g/mol. The van der Waals surface area contributed by atoms with Gasteiger partial charge in [0.25, 0.3) is 5.91 Å². The van der Waals surface area contributed by atoms with Gasteiger partial charge in [-0.15, -0.1) is 0 Å². The topological polar surface area (TPSA) is 23.6 Å². The Hall–Kier alpha value is -2.11. The zero-order valence-corrected chi connectivity index (χ0v) is 22.0. The molecule has 1 atom stereocenters. The molecule has 0 bridgehead atoms. The van der Waals surface area contributed by atoms with Crippen LogP contribution in [-0.2, 0) is 5.41 Å². The van der Waals surface area contributed by atoms with Crippen molar-refractivity contribution in [2.45, 2.75) is 24.7 Å².